The van der Waals surface area contributed by atoms with Crippen LogP contribution in [-0.2, 0) is 0 Å². The molecule has 0 aromatic heterocycles. The first-order chi connectivity index (χ1) is 5.13. The minimum Gasteiger partial charge on any atom is -0.390 e. The summed E-state index contributed by atoms with van der Waals surface area (Å²) in [6, 6.07) is 0. The lowest BCUT2D eigenvalue weighted by atomic mass is 9.91. The highest BCUT2D eigenvalue weighted by molar-refractivity contribution is 4.86. The van der Waals surface area contributed by atoms with Crippen molar-refractivity contribution in [3.05, 3.63) is 0 Å². The Morgan fingerprint density at radius 1 is 1.45 bits per heavy atom. The molecule has 0 spiro atoms. The van der Waals surface area contributed by atoms with Gasteiger partial charge < -0.3 is 15.5 Å². The van der Waals surface area contributed by atoms with Crippen LogP contribution in [0.4, 0.5) is 4.39 Å². The van der Waals surface area contributed by atoms with Crippen molar-refractivity contribution in [1.29, 1.82) is 0 Å². The van der Waals surface area contributed by atoms with E-state index >= 15 is 0 Å². The van der Waals surface area contributed by atoms with Gasteiger partial charge in [0, 0.05) is 19.0 Å². The molecule has 3 N–H and O–H groups in total. The molecule has 0 aromatic carbocycles. The Kier molecular flexibility index (Phi) is 2.81. The van der Waals surface area contributed by atoms with Crippen LogP contribution in [0, 0.1) is 5.92 Å². The van der Waals surface area contributed by atoms with Gasteiger partial charge in [0.05, 0.1) is 12.2 Å². The van der Waals surface area contributed by atoms with Gasteiger partial charge in [0.1, 0.15) is 6.17 Å². The summed E-state index contributed by atoms with van der Waals surface area (Å²) in [4.78, 5) is 0. The van der Waals surface area contributed by atoms with Crippen molar-refractivity contribution in [2.75, 3.05) is 13.1 Å². The third kappa shape index (κ3) is 1.89. The fourth-order valence-electron chi connectivity index (χ4n) is 1.36. The Balaban J connectivity index is 2.51. The zero-order chi connectivity index (χ0) is 8.43. The van der Waals surface area contributed by atoms with Crippen molar-refractivity contribution in [3.8, 4) is 0 Å². The maximum atomic E-state index is 12.7. The fraction of sp³-hybridized carbons (Fsp3) is 1.00. The summed E-state index contributed by atoms with van der Waals surface area (Å²) in [5, 5.41) is 21.2. The summed E-state index contributed by atoms with van der Waals surface area (Å²) in [6.45, 7) is 2.19. The molecule has 1 fully saturated rings. The minimum absolute atomic E-state index is 0.352. The number of rotatable bonds is 1. The second-order valence-corrected chi connectivity index (χ2v) is 3.06. The molecular weight excluding hydrogens is 149 g/mol. The third-order valence-electron chi connectivity index (χ3n) is 2.16. The maximum absolute atomic E-state index is 12.7. The van der Waals surface area contributed by atoms with E-state index in [0.29, 0.717) is 13.1 Å². The van der Waals surface area contributed by atoms with Crippen LogP contribution in [0.2, 0.25) is 0 Å². The standard InChI is InChI=1S/C7H14FNO2/c1-4(8)5-2-9-3-6(10)7(5)11/h4-7,9-11H,2-3H2,1H3/t4-,5-,6-,7-/m1/s1. The van der Waals surface area contributed by atoms with Gasteiger partial charge in [-0.15, -0.1) is 0 Å². The van der Waals surface area contributed by atoms with E-state index in [4.69, 9.17) is 5.11 Å². The lowest BCUT2D eigenvalue weighted by Gasteiger charge is -2.33. The molecule has 0 amide bonds. The number of hydrogen-bond acceptors (Lipinski definition) is 3. The molecule has 4 atom stereocenters. The molecule has 3 nitrogen and oxygen atoms in total. The average Bonchev–Trinajstić information content (AvgIpc) is 1.94. The normalized spacial score (nSPS) is 42.0. The van der Waals surface area contributed by atoms with E-state index < -0.39 is 24.3 Å². The number of aliphatic hydroxyl groups is 2. The summed E-state index contributed by atoms with van der Waals surface area (Å²) >= 11 is 0. The SMILES string of the molecule is C[C@@H](F)[C@H]1CNC[C@@H](O)[C@@H]1O. The zero-order valence-corrected chi connectivity index (χ0v) is 6.50. The van der Waals surface area contributed by atoms with E-state index in [2.05, 4.69) is 5.32 Å². The first-order valence-corrected chi connectivity index (χ1v) is 3.84. The highest BCUT2D eigenvalue weighted by atomic mass is 19.1. The first kappa shape index (κ1) is 8.90. The van der Waals surface area contributed by atoms with Crippen molar-refractivity contribution in [3.63, 3.8) is 0 Å². The quantitative estimate of drug-likeness (QED) is 0.478. The van der Waals surface area contributed by atoms with Gasteiger partial charge in [0.25, 0.3) is 0 Å². The Bertz CT molecular complexity index is 132. The molecule has 1 saturated heterocycles. The molecule has 4 heteroatoms. The lowest BCUT2D eigenvalue weighted by molar-refractivity contribution is -0.0543. The van der Waals surface area contributed by atoms with Gasteiger partial charge >= 0.3 is 0 Å². The van der Waals surface area contributed by atoms with E-state index in [9.17, 15) is 9.50 Å². The zero-order valence-electron chi connectivity index (χ0n) is 6.50. The highest BCUT2D eigenvalue weighted by Crippen LogP contribution is 2.17. The van der Waals surface area contributed by atoms with Crippen molar-refractivity contribution in [2.24, 2.45) is 5.92 Å². The molecule has 11 heavy (non-hydrogen) atoms. The van der Waals surface area contributed by atoms with Crippen LogP contribution in [0.1, 0.15) is 6.92 Å². The van der Waals surface area contributed by atoms with E-state index in [1.807, 2.05) is 0 Å². The van der Waals surface area contributed by atoms with Gasteiger partial charge in [0.15, 0.2) is 0 Å². The first-order valence-electron chi connectivity index (χ1n) is 3.84. The van der Waals surface area contributed by atoms with Crippen LogP contribution in [0.15, 0.2) is 0 Å². The molecule has 0 radical (unpaired) electrons. The largest absolute Gasteiger partial charge is 0.390 e. The second-order valence-electron chi connectivity index (χ2n) is 3.06. The molecular formula is C7H14FNO2. The number of β-amino-alcohol motifs (C(OH)–C–C–N with tert-alkyl or cyclic N) is 1. The van der Waals surface area contributed by atoms with E-state index in [-0.39, 0.29) is 0 Å². The molecule has 1 aliphatic heterocycles. The lowest BCUT2D eigenvalue weighted by Crippen LogP contribution is -2.52. The minimum atomic E-state index is -1.08. The summed E-state index contributed by atoms with van der Waals surface area (Å²) in [7, 11) is 0. The van der Waals surface area contributed by atoms with Gasteiger partial charge in [0.2, 0.25) is 0 Å². The fourth-order valence-corrected chi connectivity index (χ4v) is 1.36. The molecule has 0 aromatic rings. The van der Waals surface area contributed by atoms with E-state index in [1.54, 1.807) is 0 Å². The summed E-state index contributed by atoms with van der Waals surface area (Å²) in [6.07, 6.45) is -2.82. The van der Waals surface area contributed by atoms with Crippen molar-refractivity contribution in [1.82, 2.24) is 5.32 Å². The van der Waals surface area contributed by atoms with Crippen molar-refractivity contribution in [2.45, 2.75) is 25.3 Å². The predicted molar refractivity (Wildman–Crippen MR) is 38.9 cm³/mol. The Hall–Kier alpha value is -0.190. The van der Waals surface area contributed by atoms with E-state index in [0.717, 1.165) is 0 Å². The van der Waals surface area contributed by atoms with Crippen LogP contribution in [0.25, 0.3) is 0 Å². The number of piperidine rings is 1. The van der Waals surface area contributed by atoms with Gasteiger partial charge in [-0.25, -0.2) is 4.39 Å². The number of nitrogens with one attached hydrogen (secondary N) is 1. The summed E-state index contributed by atoms with van der Waals surface area (Å²) in [5.41, 5.74) is 0. The van der Waals surface area contributed by atoms with Gasteiger partial charge in [-0.3, -0.25) is 0 Å². The van der Waals surface area contributed by atoms with Crippen LogP contribution in [0.5, 0.6) is 0 Å². The highest BCUT2D eigenvalue weighted by Gasteiger charge is 2.33. The predicted octanol–water partition coefficient (Wildman–Crippen LogP) is -0.714. The van der Waals surface area contributed by atoms with Crippen LogP contribution >= 0.6 is 0 Å². The maximum Gasteiger partial charge on any atom is 0.104 e. The molecule has 0 bridgehead atoms. The number of alkyl halides is 1. The van der Waals surface area contributed by atoms with Crippen molar-refractivity contribution >= 4 is 0 Å². The Morgan fingerprint density at radius 2 is 2.09 bits per heavy atom. The van der Waals surface area contributed by atoms with Gasteiger partial charge in [-0.05, 0) is 6.92 Å². The smallest absolute Gasteiger partial charge is 0.104 e. The second kappa shape index (κ2) is 3.47. The molecule has 1 rings (SSSR count). The average molecular weight is 163 g/mol. The van der Waals surface area contributed by atoms with Gasteiger partial charge in [-0.1, -0.05) is 0 Å². The molecule has 0 saturated carbocycles. The topological polar surface area (TPSA) is 52.5 Å². The number of halogens is 1. The van der Waals surface area contributed by atoms with Gasteiger partial charge in [-0.2, -0.15) is 0 Å². The Labute approximate surface area is 65.2 Å². The molecule has 1 aliphatic rings. The molecule has 0 unspecified atom stereocenters. The Morgan fingerprint density at radius 3 is 2.55 bits per heavy atom. The van der Waals surface area contributed by atoms with E-state index in [1.165, 1.54) is 6.92 Å². The monoisotopic (exact) mass is 163 g/mol. The molecule has 1 heterocycles. The van der Waals surface area contributed by atoms with Crippen LogP contribution in [0.3, 0.4) is 0 Å². The number of aliphatic hydroxyl groups excluding tert-OH is 2. The summed E-state index contributed by atoms with van der Waals surface area (Å²) in [5.74, 6) is -0.473. The van der Waals surface area contributed by atoms with Crippen molar-refractivity contribution < 1.29 is 14.6 Å². The molecule has 66 valence electrons. The third-order valence-corrected chi connectivity index (χ3v) is 2.16. The number of hydrogen-bond donors (Lipinski definition) is 3. The molecule has 0 aliphatic carbocycles. The summed E-state index contributed by atoms with van der Waals surface area (Å²) < 4.78 is 12.7. The van der Waals surface area contributed by atoms with Crippen LogP contribution in [-0.4, -0.2) is 41.7 Å². The van der Waals surface area contributed by atoms with Crippen LogP contribution < -0.4 is 5.32 Å².